The summed E-state index contributed by atoms with van der Waals surface area (Å²) in [4.78, 5) is 266. The van der Waals surface area contributed by atoms with Gasteiger partial charge in [0.15, 0.2) is 5.96 Å². The Morgan fingerprint density at radius 1 is 0.411 bits per heavy atom. The number of benzene rings is 4. The monoisotopic (exact) mass is 1830 g/mol. The van der Waals surface area contributed by atoms with Gasteiger partial charge in [0.1, 0.15) is 84.3 Å². The minimum Gasteiger partial charge on any atom is -0.508 e. The fourth-order valence-electron chi connectivity index (χ4n) is 13.0. The molecular weight excluding hydrogens is 1730 g/mol. The van der Waals surface area contributed by atoms with E-state index in [2.05, 4.69) is 110 Å². The first kappa shape index (κ1) is 103. The van der Waals surface area contributed by atoms with E-state index in [4.69, 9.17) is 34.1 Å². The van der Waals surface area contributed by atoms with Crippen molar-refractivity contribution in [3.8, 4) is 5.75 Å². The fraction of sp³-hybridized carbons (Fsp3) is 0.407. The summed E-state index contributed by atoms with van der Waals surface area (Å²) in [6.07, 6.45) is -4.93. The molecule has 0 fully saturated rings. The third-order valence-corrected chi connectivity index (χ3v) is 20.5. The van der Waals surface area contributed by atoms with Crippen molar-refractivity contribution in [3.63, 3.8) is 0 Å². The van der Waals surface area contributed by atoms with Crippen LogP contribution in [0.3, 0.4) is 0 Å². The summed E-state index contributed by atoms with van der Waals surface area (Å²) >= 11 is 8.45. The third kappa shape index (κ3) is 34.1. The smallest absolute Gasteiger partial charge is 0.305 e. The number of rotatable bonds is 54. The summed E-state index contributed by atoms with van der Waals surface area (Å²) in [5, 5.41) is 85.3. The van der Waals surface area contributed by atoms with Gasteiger partial charge in [0, 0.05) is 97.7 Å². The summed E-state index contributed by atoms with van der Waals surface area (Å²) in [6.45, 7) is 0.118. The number of thiol groups is 2. The number of nitrogens with one attached hydrogen (secondary N) is 18. The second-order valence-corrected chi connectivity index (χ2v) is 30.6. The zero-order valence-corrected chi connectivity index (χ0v) is 71.7. The molecule has 0 bridgehead atoms. The van der Waals surface area contributed by atoms with Crippen molar-refractivity contribution in [2.45, 2.75) is 176 Å². The molecule has 0 aliphatic carbocycles. The molecule has 6 rings (SSSR count). The molecule has 696 valence electrons. The Bertz CT molecular complexity index is 5040. The Labute approximate surface area is 747 Å². The van der Waals surface area contributed by atoms with E-state index in [1.807, 2.05) is 5.32 Å². The average molecular weight is 1840 g/mol. The number of aromatic amines is 2. The van der Waals surface area contributed by atoms with Gasteiger partial charge in [-0.1, -0.05) is 78.9 Å². The van der Waals surface area contributed by atoms with Crippen LogP contribution >= 0.6 is 25.3 Å². The highest BCUT2D eigenvalue weighted by Crippen LogP contribution is 2.23. The molecule has 4 aromatic carbocycles. The molecule has 2 aromatic heterocycles. The molecule has 14 atom stereocenters. The summed E-state index contributed by atoms with van der Waals surface area (Å²) in [7, 11) is 0. The number of aliphatic hydroxyl groups is 2. The van der Waals surface area contributed by atoms with Gasteiger partial charge in [0.05, 0.1) is 32.1 Å². The summed E-state index contributed by atoms with van der Waals surface area (Å²) in [5.41, 5.74) is 29.9. The number of phenols is 1. The van der Waals surface area contributed by atoms with Crippen molar-refractivity contribution in [3.05, 3.63) is 138 Å². The van der Waals surface area contributed by atoms with Crippen LogP contribution in [0.15, 0.2) is 116 Å². The van der Waals surface area contributed by atoms with Gasteiger partial charge in [0.25, 0.3) is 0 Å². The number of carboxylic acid groups (broad SMARTS) is 1. The molecular formula is C81H107N23O23S2. The van der Waals surface area contributed by atoms with E-state index in [-0.39, 0.29) is 42.9 Å². The number of fused-ring (bicyclic) bond motifs is 2. The number of aliphatic carboxylic acids is 1. The number of phenolic OH excluding ortho intramolecular Hbond substituents is 1. The Morgan fingerprint density at radius 2 is 0.791 bits per heavy atom. The van der Waals surface area contributed by atoms with E-state index >= 15 is 9.59 Å². The number of nitrogens with two attached hydrogens (primary N) is 5. The van der Waals surface area contributed by atoms with Gasteiger partial charge < -0.3 is 139 Å². The zero-order chi connectivity index (χ0) is 95.3. The average Bonchev–Trinajstić information content (AvgIpc) is 1.62. The maximum absolute atomic E-state index is 15.3. The number of hydrogen-bond acceptors (Lipinski definition) is 25. The molecule has 0 spiro atoms. The summed E-state index contributed by atoms with van der Waals surface area (Å²) in [6, 6.07) is 3.95. The second-order valence-electron chi connectivity index (χ2n) is 29.8. The molecule has 0 radical (unpaired) electrons. The lowest BCUT2D eigenvalue weighted by atomic mass is 10.0. The SMILES string of the molecule is CC(=O)N[C@@H](CS)C(=O)N[C@@H](CCC(N)=O)C(=O)N[C@H](C(=O)N[C@@H](Cc1c[nH]c2ccccc12)C(=O)N[C@@H](CCC(N)=O)C(=O)N[C@@H](CS)C(=O)N[C@@H](Cc1ccc(O)cc1)C(=O)N[C@@H](Cc1c[nH]c2ccccc12)C(=O)N[C@@H](CCCNC(=N)N)C(=O)N[C@@H](CC(N)=O)C(=O)N[C@@H](Cc1ccccc1)C(=O)NCC(=O)N[C@@H](CC(=O)O)C(=O)N[C@@H](CO)C(N)=O)[C@@H](C)O. The standard InChI is InChI=1S/C81H107N23O23S2/c1-39(106)67(104-72(119)52(23-25-63(83)110)96-78(125)60(37-128)92-40(2)107)80(127)101-56(30-44-34-90-49-16-9-7-14-47(44)49)75(122)95-51(22-24-62(82)109)71(118)103-61(38-129)79(126)98-54(28-42-18-20-45(108)21-19-42)73(120)99-55(29-43-33-89-48-15-8-6-13-46(43)48)74(121)94-50(17-10-26-88-81(86)87)70(117)100-57(31-64(84)111)76(123)97-53(27-41-11-4-3-5-12-41)69(116)91-35-65(112)93-58(32-66(113)114)77(124)102-59(36-105)68(85)115/h3-9,11-16,18-21,33-34,39,50-61,67,89-90,105-106,108,128-129H,10,17,22-32,35-38H2,1-2H3,(H2,82,109)(H2,83,110)(H2,84,111)(H2,85,115)(H,91,116)(H,92,107)(H,93,112)(H,94,121)(H,95,122)(H,96,125)(H,97,123)(H,98,126)(H,99,120)(H,100,117)(H,101,127)(H,102,124)(H,103,118)(H,104,119)(H,113,114)(H4,86,87,88)/t39-,50+,51+,52+,53+,54+,55+,56+,57+,58+,59+,60+,61+,67+/m1/s1. The van der Waals surface area contributed by atoms with E-state index in [1.165, 1.54) is 36.7 Å². The van der Waals surface area contributed by atoms with Crippen LogP contribution < -0.4 is 108 Å². The van der Waals surface area contributed by atoms with E-state index in [9.17, 15) is 102 Å². The second kappa shape index (κ2) is 51.3. The lowest BCUT2D eigenvalue weighted by Crippen LogP contribution is -2.62. The van der Waals surface area contributed by atoms with Gasteiger partial charge in [-0.2, -0.15) is 25.3 Å². The maximum Gasteiger partial charge on any atom is 0.305 e. The molecule has 2 heterocycles. The van der Waals surface area contributed by atoms with E-state index in [0.29, 0.717) is 38.5 Å². The number of para-hydroxylation sites is 2. The number of carboxylic acids is 1. The first-order chi connectivity index (χ1) is 61.2. The van der Waals surface area contributed by atoms with Crippen LogP contribution in [-0.4, -0.2) is 265 Å². The predicted molar refractivity (Wildman–Crippen MR) is 467 cm³/mol. The van der Waals surface area contributed by atoms with E-state index < -0.39 is 280 Å². The van der Waals surface area contributed by atoms with Gasteiger partial charge in [-0.25, -0.2) is 0 Å². The molecule has 0 aliphatic rings. The number of carbonyl (C=O) groups excluding carboxylic acids is 18. The molecule has 0 saturated carbocycles. The molecule has 129 heavy (non-hydrogen) atoms. The number of primary amides is 4. The summed E-state index contributed by atoms with van der Waals surface area (Å²) in [5.74, 6) is -23.0. The van der Waals surface area contributed by atoms with Gasteiger partial charge in [-0.05, 0) is 79.1 Å². The van der Waals surface area contributed by atoms with Gasteiger partial charge in [0.2, 0.25) is 106 Å². The molecule has 32 N–H and O–H groups in total. The molecule has 46 nitrogen and oxygen atoms in total. The first-order valence-electron chi connectivity index (χ1n) is 40.2. The molecule has 0 saturated heterocycles. The minimum atomic E-state index is -1.98. The van der Waals surface area contributed by atoms with Crippen LogP contribution in [0.2, 0.25) is 0 Å². The topological polar surface area (TPSA) is 771 Å². The van der Waals surface area contributed by atoms with Crippen LogP contribution in [0.4, 0.5) is 0 Å². The minimum absolute atomic E-state index is 0.0902. The number of aliphatic hydroxyl groups excluding tert-OH is 2. The first-order valence-corrected chi connectivity index (χ1v) is 41.5. The van der Waals surface area contributed by atoms with Crippen LogP contribution in [0.5, 0.6) is 5.75 Å². The highest BCUT2D eigenvalue weighted by atomic mass is 32.1. The Hall–Kier alpha value is -14.4. The highest BCUT2D eigenvalue weighted by molar-refractivity contribution is 7.80. The molecule has 0 aliphatic heterocycles. The summed E-state index contributed by atoms with van der Waals surface area (Å²) < 4.78 is 0. The molecule has 0 unspecified atom stereocenters. The zero-order valence-electron chi connectivity index (χ0n) is 69.9. The molecule has 48 heteroatoms. The quantitative estimate of drug-likeness (QED) is 0.00730. The van der Waals surface area contributed by atoms with E-state index in [0.717, 1.165) is 13.8 Å². The van der Waals surface area contributed by atoms with Crippen LogP contribution in [0.25, 0.3) is 21.8 Å². The largest absolute Gasteiger partial charge is 0.508 e. The van der Waals surface area contributed by atoms with Gasteiger partial charge in [-0.15, -0.1) is 0 Å². The van der Waals surface area contributed by atoms with Crippen molar-refractivity contribution in [1.29, 1.82) is 5.41 Å². The van der Waals surface area contributed by atoms with E-state index in [1.54, 1.807) is 78.9 Å². The van der Waals surface area contributed by atoms with Crippen LogP contribution in [-0.2, 0) is 117 Å². The normalized spacial score (nSPS) is 14.3. The maximum atomic E-state index is 15.3. The number of amides is 18. The number of aromatic nitrogens is 2. The van der Waals surface area contributed by atoms with Crippen molar-refractivity contribution >= 4 is 165 Å². The van der Waals surface area contributed by atoms with Crippen molar-refractivity contribution in [1.82, 2.24) is 89.7 Å². The number of guanidine groups is 1. The Morgan fingerprint density at radius 3 is 1.23 bits per heavy atom. The van der Waals surface area contributed by atoms with Crippen molar-refractivity contribution in [2.75, 3.05) is 31.2 Å². The van der Waals surface area contributed by atoms with Gasteiger partial charge in [-0.3, -0.25) is 96.5 Å². The third-order valence-electron chi connectivity index (χ3n) is 19.7. The predicted octanol–water partition coefficient (Wildman–Crippen LogP) is -8.07. The lowest BCUT2D eigenvalue weighted by Gasteiger charge is -2.29. The van der Waals surface area contributed by atoms with Crippen LogP contribution in [0.1, 0.15) is 87.5 Å². The molecule has 18 amide bonds. The lowest BCUT2D eigenvalue weighted by molar-refractivity contribution is -0.141. The molecule has 6 aromatic rings. The number of hydrogen-bond donors (Lipinski definition) is 29. The number of H-pyrrole nitrogens is 2. The van der Waals surface area contributed by atoms with Gasteiger partial charge >= 0.3 is 5.97 Å². The Balaban J connectivity index is 1.30. The number of aromatic hydroxyl groups is 1. The highest BCUT2D eigenvalue weighted by Gasteiger charge is 2.40. The van der Waals surface area contributed by atoms with Crippen molar-refractivity contribution < 1.29 is 112 Å². The van der Waals surface area contributed by atoms with Crippen molar-refractivity contribution in [2.24, 2.45) is 28.7 Å². The van der Waals surface area contributed by atoms with Crippen LogP contribution in [0, 0.1) is 5.41 Å². The Kier molecular flexibility index (Phi) is 41.1. The number of carbonyl (C=O) groups is 19. The fourth-order valence-corrected chi connectivity index (χ4v) is 13.6.